The summed E-state index contributed by atoms with van der Waals surface area (Å²) in [5.41, 5.74) is 0.884. The molecule has 7 heteroatoms. The highest BCUT2D eigenvalue weighted by molar-refractivity contribution is 7.09. The highest BCUT2D eigenvalue weighted by Gasteiger charge is 2.19. The Kier molecular flexibility index (Phi) is 7.72. The van der Waals surface area contributed by atoms with Crippen LogP contribution in [0.1, 0.15) is 37.9 Å². The maximum absolute atomic E-state index is 12.3. The molecule has 0 aliphatic carbocycles. The topological polar surface area (TPSA) is 63.7 Å². The monoisotopic (exact) mass is 377 g/mol. The van der Waals surface area contributed by atoms with Gasteiger partial charge in [0.1, 0.15) is 23.1 Å². The van der Waals surface area contributed by atoms with Crippen LogP contribution in [0.15, 0.2) is 29.6 Å². The molecule has 1 aromatic carbocycles. The number of aromatic nitrogens is 1. The minimum absolute atomic E-state index is 0.0501. The zero-order valence-corrected chi connectivity index (χ0v) is 16.6. The molecule has 0 radical (unpaired) electrons. The molecular formula is C19H27N3O3S. The van der Waals surface area contributed by atoms with E-state index in [0.29, 0.717) is 19.7 Å². The van der Waals surface area contributed by atoms with E-state index in [1.807, 2.05) is 41.5 Å². The Morgan fingerprint density at radius 2 is 1.96 bits per heavy atom. The molecule has 1 atom stereocenters. The Hall–Kier alpha value is -2.28. The number of amides is 2. The number of carbonyl (C=O) groups is 1. The molecule has 0 bridgehead atoms. The summed E-state index contributed by atoms with van der Waals surface area (Å²) in [7, 11) is 1.64. The first-order valence-corrected chi connectivity index (χ1v) is 9.69. The minimum Gasteiger partial charge on any atom is -0.497 e. The maximum Gasteiger partial charge on any atom is 0.317 e. The molecule has 0 unspecified atom stereocenters. The van der Waals surface area contributed by atoms with Gasteiger partial charge in [0.05, 0.1) is 19.3 Å². The molecule has 0 fully saturated rings. The number of thiazole rings is 1. The van der Waals surface area contributed by atoms with E-state index in [1.54, 1.807) is 18.4 Å². The number of benzene rings is 1. The van der Waals surface area contributed by atoms with Crippen molar-refractivity contribution in [2.45, 2.75) is 46.4 Å². The lowest BCUT2D eigenvalue weighted by atomic mass is 10.2. The number of hydrogen-bond donors (Lipinski definition) is 1. The Balaban J connectivity index is 1.95. The van der Waals surface area contributed by atoms with E-state index in [0.717, 1.165) is 28.6 Å². The molecule has 2 aromatic rings. The molecular weight excluding hydrogens is 350 g/mol. The molecule has 6 nitrogen and oxygen atoms in total. The Bertz CT molecular complexity index is 688. The summed E-state index contributed by atoms with van der Waals surface area (Å²) in [6, 6.07) is 7.56. The molecule has 1 aromatic heterocycles. The number of carbonyl (C=O) groups excluding carboxylic acids is 1. The van der Waals surface area contributed by atoms with Crippen LogP contribution < -0.4 is 14.8 Å². The highest BCUT2D eigenvalue weighted by Crippen LogP contribution is 2.20. The second-order valence-corrected chi connectivity index (χ2v) is 6.86. The van der Waals surface area contributed by atoms with Crippen molar-refractivity contribution >= 4 is 17.4 Å². The van der Waals surface area contributed by atoms with E-state index >= 15 is 0 Å². The van der Waals surface area contributed by atoms with E-state index in [1.165, 1.54) is 0 Å². The molecule has 26 heavy (non-hydrogen) atoms. The Morgan fingerprint density at radius 3 is 2.58 bits per heavy atom. The average molecular weight is 378 g/mol. The summed E-state index contributed by atoms with van der Waals surface area (Å²) in [6.45, 7) is 7.57. The van der Waals surface area contributed by atoms with Crippen LogP contribution in [0.25, 0.3) is 0 Å². The smallest absolute Gasteiger partial charge is 0.317 e. The third-order valence-corrected chi connectivity index (χ3v) is 4.94. The summed E-state index contributed by atoms with van der Waals surface area (Å²) in [5, 5.41) is 5.74. The van der Waals surface area contributed by atoms with Crippen molar-refractivity contribution in [2.75, 3.05) is 13.7 Å². The van der Waals surface area contributed by atoms with Crippen LogP contribution in [0.3, 0.4) is 0 Å². The summed E-state index contributed by atoms with van der Waals surface area (Å²) in [6.07, 6.45) is 0.898. The van der Waals surface area contributed by atoms with Gasteiger partial charge in [-0.05, 0) is 44.5 Å². The molecule has 0 saturated heterocycles. The van der Waals surface area contributed by atoms with Gasteiger partial charge in [-0.3, -0.25) is 0 Å². The number of methoxy groups -OCH3 is 1. The van der Waals surface area contributed by atoms with Gasteiger partial charge in [-0.15, -0.1) is 11.3 Å². The number of urea groups is 1. The van der Waals surface area contributed by atoms with Crippen LogP contribution in [-0.2, 0) is 13.2 Å². The SMILES string of the molecule is CCNC(=O)N(Cc1csc(COc2ccc(OC)cc2)n1)[C@@H](C)CC. The van der Waals surface area contributed by atoms with Gasteiger partial charge < -0.3 is 19.7 Å². The quantitative estimate of drug-likeness (QED) is 0.716. The Labute approximate surface area is 159 Å². The van der Waals surface area contributed by atoms with Crippen LogP contribution in [-0.4, -0.2) is 35.6 Å². The number of nitrogens with one attached hydrogen (secondary N) is 1. The standard InChI is InChI=1S/C19H27N3O3S/c1-5-14(3)22(19(23)20-6-2)11-15-13-26-18(21-15)12-25-17-9-7-16(24-4)8-10-17/h7-10,13-14H,5-6,11-12H2,1-4H3,(H,20,23)/t14-/m0/s1. The van der Waals surface area contributed by atoms with Crippen molar-refractivity contribution in [3.63, 3.8) is 0 Å². The molecule has 0 aliphatic heterocycles. The lowest BCUT2D eigenvalue weighted by molar-refractivity contribution is 0.173. The van der Waals surface area contributed by atoms with Gasteiger partial charge in [0.25, 0.3) is 0 Å². The van der Waals surface area contributed by atoms with Crippen molar-refractivity contribution < 1.29 is 14.3 Å². The first kappa shape index (κ1) is 20.0. The molecule has 1 N–H and O–H groups in total. The number of ether oxygens (including phenoxy) is 2. The van der Waals surface area contributed by atoms with Crippen LogP contribution in [0.2, 0.25) is 0 Å². The predicted octanol–water partition coefficient (Wildman–Crippen LogP) is 4.06. The van der Waals surface area contributed by atoms with Gasteiger partial charge >= 0.3 is 6.03 Å². The molecule has 2 rings (SSSR count). The van der Waals surface area contributed by atoms with E-state index in [9.17, 15) is 4.79 Å². The van der Waals surface area contributed by atoms with Gasteiger partial charge in [0.15, 0.2) is 0 Å². The normalized spacial score (nSPS) is 11.7. The largest absolute Gasteiger partial charge is 0.497 e. The molecule has 0 spiro atoms. The van der Waals surface area contributed by atoms with E-state index in [4.69, 9.17) is 9.47 Å². The Morgan fingerprint density at radius 1 is 1.27 bits per heavy atom. The molecule has 0 saturated carbocycles. The maximum atomic E-state index is 12.3. The summed E-state index contributed by atoms with van der Waals surface area (Å²) < 4.78 is 10.9. The fourth-order valence-electron chi connectivity index (χ4n) is 2.38. The number of hydrogen-bond acceptors (Lipinski definition) is 5. The minimum atomic E-state index is -0.0501. The summed E-state index contributed by atoms with van der Waals surface area (Å²) in [5.74, 6) is 1.57. The lowest BCUT2D eigenvalue weighted by Gasteiger charge is -2.27. The molecule has 2 amide bonds. The zero-order chi connectivity index (χ0) is 18.9. The molecule has 142 valence electrons. The molecule has 0 aliphatic rings. The van der Waals surface area contributed by atoms with Gasteiger partial charge in [-0.1, -0.05) is 6.92 Å². The van der Waals surface area contributed by atoms with Gasteiger partial charge in [0.2, 0.25) is 0 Å². The third kappa shape index (κ3) is 5.62. The predicted molar refractivity (Wildman–Crippen MR) is 104 cm³/mol. The van der Waals surface area contributed by atoms with E-state index in [-0.39, 0.29) is 12.1 Å². The van der Waals surface area contributed by atoms with Gasteiger partial charge in [-0.25, -0.2) is 9.78 Å². The van der Waals surface area contributed by atoms with Gasteiger partial charge in [0, 0.05) is 18.0 Å². The fourth-order valence-corrected chi connectivity index (χ4v) is 3.08. The third-order valence-electron chi connectivity index (χ3n) is 4.07. The van der Waals surface area contributed by atoms with Crippen LogP contribution in [0.5, 0.6) is 11.5 Å². The second kappa shape index (κ2) is 10.0. The highest BCUT2D eigenvalue weighted by atomic mass is 32.1. The van der Waals surface area contributed by atoms with Crippen molar-refractivity contribution in [1.82, 2.24) is 15.2 Å². The number of rotatable bonds is 9. The number of nitrogens with zero attached hydrogens (tertiary/aromatic N) is 2. The van der Waals surface area contributed by atoms with Crippen molar-refractivity contribution in [1.29, 1.82) is 0 Å². The van der Waals surface area contributed by atoms with E-state index < -0.39 is 0 Å². The van der Waals surface area contributed by atoms with Crippen LogP contribution in [0, 0.1) is 0 Å². The fraction of sp³-hybridized carbons (Fsp3) is 0.474. The van der Waals surface area contributed by atoms with Crippen molar-refractivity contribution in [2.24, 2.45) is 0 Å². The zero-order valence-electron chi connectivity index (χ0n) is 15.8. The van der Waals surface area contributed by atoms with Crippen molar-refractivity contribution in [3.8, 4) is 11.5 Å². The van der Waals surface area contributed by atoms with Gasteiger partial charge in [-0.2, -0.15) is 0 Å². The molecule has 1 heterocycles. The van der Waals surface area contributed by atoms with Crippen molar-refractivity contribution in [3.05, 3.63) is 40.3 Å². The summed E-state index contributed by atoms with van der Waals surface area (Å²) in [4.78, 5) is 18.7. The average Bonchev–Trinajstić information content (AvgIpc) is 3.12. The summed E-state index contributed by atoms with van der Waals surface area (Å²) >= 11 is 1.54. The lowest BCUT2D eigenvalue weighted by Crippen LogP contribution is -2.44. The first-order chi connectivity index (χ1) is 12.6. The first-order valence-electron chi connectivity index (χ1n) is 8.81. The van der Waals surface area contributed by atoms with E-state index in [2.05, 4.69) is 24.1 Å². The van der Waals surface area contributed by atoms with Crippen LogP contribution >= 0.6 is 11.3 Å². The second-order valence-electron chi connectivity index (χ2n) is 5.92. The van der Waals surface area contributed by atoms with Crippen LogP contribution in [0.4, 0.5) is 4.79 Å².